The minimum atomic E-state index is -0.523. The van der Waals surface area contributed by atoms with Crippen molar-refractivity contribution in [1.29, 1.82) is 0 Å². The molecule has 0 atom stereocenters. The Bertz CT molecular complexity index is 1280. The number of carbonyl (C=O) groups is 3. The van der Waals surface area contributed by atoms with E-state index < -0.39 is 17.0 Å². The molecule has 1 aromatic heterocycles. The molecule has 1 aliphatic heterocycles. The van der Waals surface area contributed by atoms with Crippen LogP contribution in [-0.2, 0) is 9.59 Å². The largest absolute Gasteiger partial charge is 0.497 e. The number of imide groups is 1. The highest BCUT2D eigenvalue weighted by Gasteiger charge is 2.34. The number of rotatable bonds is 9. The first-order valence-corrected chi connectivity index (χ1v) is 12.1. The second-order valence-corrected chi connectivity index (χ2v) is 9.00. The summed E-state index contributed by atoms with van der Waals surface area (Å²) in [7, 11) is 1.57. The Balaban J connectivity index is 1.27. The number of methoxy groups -OCH3 is 1. The third-order valence-electron chi connectivity index (χ3n) is 4.81. The van der Waals surface area contributed by atoms with E-state index >= 15 is 0 Å². The van der Waals surface area contributed by atoms with Crippen molar-refractivity contribution in [2.75, 3.05) is 26.0 Å². The monoisotopic (exact) mass is 514 g/mol. The Morgan fingerprint density at radius 1 is 1.20 bits per heavy atom. The Hall–Kier alpha value is -3.71. The summed E-state index contributed by atoms with van der Waals surface area (Å²) in [5.41, 5.74) is 0.932. The number of hydrogen-bond acceptors (Lipinski definition) is 9. The van der Waals surface area contributed by atoms with Gasteiger partial charge in [0.25, 0.3) is 11.1 Å². The molecule has 1 saturated heterocycles. The smallest absolute Gasteiger partial charge is 0.293 e. The average molecular weight is 515 g/mol. The zero-order chi connectivity index (χ0) is 24.8. The van der Waals surface area contributed by atoms with Crippen LogP contribution in [0.2, 0.25) is 0 Å². The normalized spacial score (nSPS) is 14.6. The van der Waals surface area contributed by atoms with Gasteiger partial charge in [-0.2, -0.15) is 4.68 Å². The molecule has 0 radical (unpaired) electrons. The second kappa shape index (κ2) is 11.1. The maximum atomic E-state index is 13.9. The van der Waals surface area contributed by atoms with Crippen LogP contribution in [0, 0.1) is 5.82 Å². The number of ether oxygens (including phenoxy) is 1. The minimum absolute atomic E-state index is 0.000723. The van der Waals surface area contributed by atoms with Crippen LogP contribution >= 0.6 is 23.5 Å². The van der Waals surface area contributed by atoms with Crippen LogP contribution in [0.4, 0.5) is 9.18 Å². The van der Waals surface area contributed by atoms with Crippen LogP contribution in [0.15, 0.2) is 58.6 Å². The Labute approximate surface area is 207 Å². The molecule has 13 heteroatoms. The Morgan fingerprint density at radius 2 is 1.97 bits per heavy atom. The lowest BCUT2D eigenvalue weighted by Gasteiger charge is -2.13. The van der Waals surface area contributed by atoms with E-state index in [2.05, 4.69) is 20.8 Å². The average Bonchev–Trinajstić information content (AvgIpc) is 3.44. The van der Waals surface area contributed by atoms with Gasteiger partial charge in [0.2, 0.25) is 11.1 Å². The molecule has 0 saturated carbocycles. The summed E-state index contributed by atoms with van der Waals surface area (Å²) in [6, 6.07) is 13.1. The van der Waals surface area contributed by atoms with Crippen LogP contribution in [-0.4, -0.2) is 68.1 Å². The fourth-order valence-electron chi connectivity index (χ4n) is 3.07. The van der Waals surface area contributed by atoms with Gasteiger partial charge in [-0.1, -0.05) is 30.0 Å². The van der Waals surface area contributed by atoms with E-state index in [0.29, 0.717) is 16.6 Å². The summed E-state index contributed by atoms with van der Waals surface area (Å²) in [6.45, 7) is 0.0765. The molecular formula is C22H19FN6O4S2. The molecule has 2 heterocycles. The predicted molar refractivity (Wildman–Crippen MR) is 129 cm³/mol. The Kier molecular flexibility index (Phi) is 7.77. The van der Waals surface area contributed by atoms with Gasteiger partial charge in [0.15, 0.2) is 0 Å². The Morgan fingerprint density at radius 3 is 2.71 bits per heavy atom. The van der Waals surface area contributed by atoms with Crippen molar-refractivity contribution in [3.05, 3.63) is 64.8 Å². The molecule has 180 valence electrons. The van der Waals surface area contributed by atoms with E-state index in [0.717, 1.165) is 28.4 Å². The second-order valence-electron chi connectivity index (χ2n) is 7.06. The number of carbonyl (C=O) groups excluding carboxylic acids is 3. The number of hydrogen-bond donors (Lipinski definition) is 1. The highest BCUT2D eigenvalue weighted by molar-refractivity contribution is 8.18. The lowest BCUT2D eigenvalue weighted by molar-refractivity contribution is -0.123. The summed E-state index contributed by atoms with van der Waals surface area (Å²) < 4.78 is 20.5. The predicted octanol–water partition coefficient (Wildman–Crippen LogP) is 2.75. The van der Waals surface area contributed by atoms with Crippen molar-refractivity contribution in [3.63, 3.8) is 0 Å². The molecule has 3 amide bonds. The van der Waals surface area contributed by atoms with Crippen molar-refractivity contribution in [3.8, 4) is 11.4 Å². The fourth-order valence-corrected chi connectivity index (χ4v) is 4.65. The summed E-state index contributed by atoms with van der Waals surface area (Å²) in [5, 5.41) is 14.2. The van der Waals surface area contributed by atoms with Gasteiger partial charge in [0.05, 0.1) is 23.5 Å². The zero-order valence-corrected chi connectivity index (χ0v) is 20.0. The number of tetrazole rings is 1. The van der Waals surface area contributed by atoms with E-state index in [1.165, 1.54) is 22.9 Å². The first-order valence-electron chi connectivity index (χ1n) is 10.3. The molecule has 0 bridgehead atoms. The quantitative estimate of drug-likeness (QED) is 0.340. The number of nitrogens with one attached hydrogen (secondary N) is 1. The van der Waals surface area contributed by atoms with Gasteiger partial charge >= 0.3 is 0 Å². The van der Waals surface area contributed by atoms with E-state index in [-0.39, 0.29) is 35.2 Å². The first kappa shape index (κ1) is 24.4. The highest BCUT2D eigenvalue weighted by atomic mass is 32.2. The van der Waals surface area contributed by atoms with Gasteiger partial charge < -0.3 is 10.1 Å². The van der Waals surface area contributed by atoms with E-state index in [1.54, 1.807) is 43.5 Å². The SMILES string of the molecule is COc1ccc(-n2nnnc2SCC(=O)NCCN2C(=O)S/C(=C\c3ccccc3F)C2=O)cc1. The molecule has 1 aliphatic rings. The third-order valence-corrected chi connectivity index (χ3v) is 6.64. The maximum Gasteiger partial charge on any atom is 0.293 e. The number of benzene rings is 2. The summed E-state index contributed by atoms with van der Waals surface area (Å²) in [4.78, 5) is 38.2. The topological polar surface area (TPSA) is 119 Å². The number of halogens is 1. The molecule has 3 aromatic rings. The van der Waals surface area contributed by atoms with Crippen molar-refractivity contribution in [2.24, 2.45) is 0 Å². The molecule has 35 heavy (non-hydrogen) atoms. The maximum absolute atomic E-state index is 13.9. The van der Waals surface area contributed by atoms with E-state index in [9.17, 15) is 18.8 Å². The standard InChI is InChI=1S/C22H19FN6O4S2/c1-33-16-8-6-15(7-9-16)29-21(25-26-27-29)34-13-19(30)24-10-11-28-20(31)18(35-22(28)32)12-14-4-2-3-5-17(14)23/h2-9,12H,10-11,13H2,1H3,(H,24,30)/b18-12-. The van der Waals surface area contributed by atoms with Gasteiger partial charge in [0, 0.05) is 18.7 Å². The summed E-state index contributed by atoms with van der Waals surface area (Å²) in [5.74, 6) is -0.592. The van der Waals surface area contributed by atoms with Gasteiger partial charge in [-0.25, -0.2) is 4.39 Å². The van der Waals surface area contributed by atoms with Crippen molar-refractivity contribution in [2.45, 2.75) is 5.16 Å². The molecule has 0 unspecified atom stereocenters. The minimum Gasteiger partial charge on any atom is -0.497 e. The van der Waals surface area contributed by atoms with Crippen LogP contribution in [0.1, 0.15) is 5.56 Å². The van der Waals surface area contributed by atoms with Gasteiger partial charge in [-0.15, -0.1) is 5.10 Å². The zero-order valence-electron chi connectivity index (χ0n) is 18.4. The van der Waals surface area contributed by atoms with Gasteiger partial charge in [-0.05, 0) is 58.6 Å². The molecule has 4 rings (SSSR count). The lowest BCUT2D eigenvalue weighted by atomic mass is 10.2. The molecule has 2 aromatic carbocycles. The molecule has 0 aliphatic carbocycles. The molecule has 10 nitrogen and oxygen atoms in total. The molecule has 0 spiro atoms. The van der Waals surface area contributed by atoms with E-state index in [1.807, 2.05) is 0 Å². The number of nitrogens with zero attached hydrogens (tertiary/aromatic N) is 5. The summed E-state index contributed by atoms with van der Waals surface area (Å²) >= 11 is 1.88. The summed E-state index contributed by atoms with van der Waals surface area (Å²) in [6.07, 6.45) is 1.35. The molecular weight excluding hydrogens is 495 g/mol. The molecule has 1 fully saturated rings. The van der Waals surface area contributed by atoms with Crippen molar-refractivity contribution in [1.82, 2.24) is 30.4 Å². The first-order chi connectivity index (χ1) is 17.0. The van der Waals surface area contributed by atoms with Crippen LogP contribution in [0.25, 0.3) is 11.8 Å². The number of aromatic nitrogens is 4. The highest BCUT2D eigenvalue weighted by Crippen LogP contribution is 2.32. The van der Waals surface area contributed by atoms with Gasteiger partial charge in [0.1, 0.15) is 11.6 Å². The van der Waals surface area contributed by atoms with Gasteiger partial charge in [-0.3, -0.25) is 19.3 Å². The number of thioether (sulfide) groups is 2. The van der Waals surface area contributed by atoms with Crippen LogP contribution in [0.3, 0.4) is 0 Å². The van der Waals surface area contributed by atoms with Crippen molar-refractivity contribution < 1.29 is 23.5 Å². The van der Waals surface area contributed by atoms with Crippen molar-refractivity contribution >= 4 is 46.7 Å². The van der Waals surface area contributed by atoms with Crippen LogP contribution < -0.4 is 10.1 Å². The molecule has 1 N–H and O–H groups in total. The number of amides is 3. The third kappa shape index (κ3) is 5.87. The van der Waals surface area contributed by atoms with Crippen LogP contribution in [0.5, 0.6) is 5.75 Å². The fraction of sp³-hybridized carbons (Fsp3) is 0.182. The lowest BCUT2D eigenvalue weighted by Crippen LogP contribution is -2.37. The van der Waals surface area contributed by atoms with E-state index in [4.69, 9.17) is 4.74 Å².